The van der Waals surface area contributed by atoms with Crippen molar-refractivity contribution < 1.29 is 19.0 Å². The molecule has 0 fully saturated rings. The summed E-state index contributed by atoms with van der Waals surface area (Å²) < 4.78 is 15.8. The number of hydrogen-bond acceptors (Lipinski definition) is 5. The summed E-state index contributed by atoms with van der Waals surface area (Å²) in [5, 5.41) is 2.70. The molecule has 2 rings (SSSR count). The van der Waals surface area contributed by atoms with Crippen molar-refractivity contribution in [2.45, 2.75) is 6.92 Å². The Morgan fingerprint density at radius 3 is 2.62 bits per heavy atom. The van der Waals surface area contributed by atoms with Crippen LogP contribution in [0.3, 0.4) is 0 Å². The van der Waals surface area contributed by atoms with Gasteiger partial charge in [-0.3, -0.25) is 4.79 Å². The SMILES string of the molecule is C/C=C/c1ccc(OCC(=O)Nc2ccc(OC)nc2)c(OC)c1. The number of hydrogen-bond donors (Lipinski definition) is 1. The molecule has 0 saturated heterocycles. The van der Waals surface area contributed by atoms with Gasteiger partial charge in [-0.1, -0.05) is 18.2 Å². The van der Waals surface area contributed by atoms with Crippen LogP contribution in [-0.4, -0.2) is 31.7 Å². The highest BCUT2D eigenvalue weighted by molar-refractivity contribution is 5.91. The molecule has 1 N–H and O–H groups in total. The summed E-state index contributed by atoms with van der Waals surface area (Å²) in [6.45, 7) is 1.81. The quantitative estimate of drug-likeness (QED) is 0.845. The van der Waals surface area contributed by atoms with Crippen LogP contribution < -0.4 is 19.5 Å². The monoisotopic (exact) mass is 328 g/mol. The molecule has 1 heterocycles. The number of amides is 1. The normalized spacial score (nSPS) is 10.5. The van der Waals surface area contributed by atoms with E-state index >= 15 is 0 Å². The predicted octanol–water partition coefficient (Wildman–Crippen LogP) is 3.15. The second kappa shape index (κ2) is 8.57. The lowest BCUT2D eigenvalue weighted by molar-refractivity contribution is -0.118. The molecule has 0 atom stereocenters. The van der Waals surface area contributed by atoms with Gasteiger partial charge >= 0.3 is 0 Å². The van der Waals surface area contributed by atoms with Crippen LogP contribution in [0.25, 0.3) is 6.08 Å². The summed E-state index contributed by atoms with van der Waals surface area (Å²) in [5.41, 5.74) is 1.57. The fraction of sp³-hybridized carbons (Fsp3) is 0.222. The van der Waals surface area contributed by atoms with E-state index in [1.807, 2.05) is 31.2 Å². The van der Waals surface area contributed by atoms with Crippen LogP contribution in [0.4, 0.5) is 5.69 Å². The van der Waals surface area contributed by atoms with Gasteiger partial charge in [-0.05, 0) is 30.7 Å². The van der Waals surface area contributed by atoms with Crippen molar-refractivity contribution in [2.24, 2.45) is 0 Å². The number of nitrogens with zero attached hydrogens (tertiary/aromatic N) is 1. The molecule has 24 heavy (non-hydrogen) atoms. The third-order valence-electron chi connectivity index (χ3n) is 3.13. The number of methoxy groups -OCH3 is 2. The highest BCUT2D eigenvalue weighted by Gasteiger charge is 2.09. The van der Waals surface area contributed by atoms with Crippen LogP contribution in [-0.2, 0) is 4.79 Å². The number of nitrogens with one attached hydrogen (secondary N) is 1. The van der Waals surface area contributed by atoms with Crippen LogP contribution in [0.1, 0.15) is 12.5 Å². The van der Waals surface area contributed by atoms with E-state index in [4.69, 9.17) is 14.2 Å². The molecule has 1 aromatic carbocycles. The minimum Gasteiger partial charge on any atom is -0.493 e. The average Bonchev–Trinajstić information content (AvgIpc) is 2.61. The number of allylic oxidation sites excluding steroid dienone is 1. The molecule has 126 valence electrons. The molecule has 0 aliphatic heterocycles. The minimum atomic E-state index is -0.290. The molecule has 6 heteroatoms. The van der Waals surface area contributed by atoms with Crippen LogP contribution in [0.15, 0.2) is 42.6 Å². The molecule has 0 bridgehead atoms. The minimum absolute atomic E-state index is 0.134. The number of benzene rings is 1. The molecule has 0 saturated carbocycles. The van der Waals surface area contributed by atoms with Crippen molar-refractivity contribution in [3.63, 3.8) is 0 Å². The van der Waals surface area contributed by atoms with Crippen molar-refractivity contribution >= 4 is 17.7 Å². The molecular weight excluding hydrogens is 308 g/mol. The first-order chi connectivity index (χ1) is 11.7. The van der Waals surface area contributed by atoms with E-state index in [-0.39, 0.29) is 12.5 Å². The van der Waals surface area contributed by atoms with Gasteiger partial charge in [-0.2, -0.15) is 0 Å². The van der Waals surface area contributed by atoms with Gasteiger partial charge < -0.3 is 19.5 Å². The Hall–Kier alpha value is -3.02. The average molecular weight is 328 g/mol. The molecule has 0 aliphatic rings. The Labute approximate surface area is 141 Å². The Morgan fingerprint density at radius 1 is 1.17 bits per heavy atom. The van der Waals surface area contributed by atoms with E-state index in [9.17, 15) is 4.79 Å². The summed E-state index contributed by atoms with van der Waals surface area (Å²) in [4.78, 5) is 16.0. The number of pyridine rings is 1. The van der Waals surface area contributed by atoms with Crippen molar-refractivity contribution in [3.8, 4) is 17.4 Å². The number of carbonyl (C=O) groups excluding carboxylic acids is 1. The smallest absolute Gasteiger partial charge is 0.262 e. The van der Waals surface area contributed by atoms with Gasteiger partial charge in [0.1, 0.15) is 0 Å². The lowest BCUT2D eigenvalue weighted by Gasteiger charge is -2.11. The van der Waals surface area contributed by atoms with Gasteiger partial charge in [0.25, 0.3) is 5.91 Å². The van der Waals surface area contributed by atoms with Crippen LogP contribution >= 0.6 is 0 Å². The molecule has 0 spiro atoms. The fourth-order valence-electron chi connectivity index (χ4n) is 2.01. The van der Waals surface area contributed by atoms with E-state index in [1.54, 1.807) is 25.3 Å². The fourth-order valence-corrected chi connectivity index (χ4v) is 2.01. The highest BCUT2D eigenvalue weighted by atomic mass is 16.5. The van der Waals surface area contributed by atoms with Gasteiger partial charge in [0.2, 0.25) is 5.88 Å². The van der Waals surface area contributed by atoms with Crippen molar-refractivity contribution in [1.29, 1.82) is 0 Å². The van der Waals surface area contributed by atoms with E-state index in [0.717, 1.165) is 5.56 Å². The first-order valence-electron chi connectivity index (χ1n) is 7.39. The Morgan fingerprint density at radius 2 is 2.00 bits per heavy atom. The number of anilines is 1. The first-order valence-corrected chi connectivity index (χ1v) is 7.39. The van der Waals surface area contributed by atoms with E-state index in [1.165, 1.54) is 13.3 Å². The predicted molar refractivity (Wildman–Crippen MR) is 92.6 cm³/mol. The number of aromatic nitrogens is 1. The summed E-state index contributed by atoms with van der Waals surface area (Å²) in [7, 11) is 3.09. The molecule has 0 radical (unpaired) electrons. The van der Waals surface area contributed by atoms with Gasteiger partial charge in [0.05, 0.1) is 26.1 Å². The molecule has 6 nitrogen and oxygen atoms in total. The second-order valence-corrected chi connectivity index (χ2v) is 4.84. The van der Waals surface area contributed by atoms with Crippen LogP contribution in [0, 0.1) is 0 Å². The van der Waals surface area contributed by atoms with E-state index in [2.05, 4.69) is 10.3 Å². The maximum atomic E-state index is 12.0. The number of carbonyl (C=O) groups is 1. The third kappa shape index (κ3) is 4.74. The standard InChI is InChI=1S/C18H20N2O4/c1-4-5-13-6-8-15(16(10-13)22-2)24-12-17(21)20-14-7-9-18(23-3)19-11-14/h4-11H,12H2,1-3H3,(H,20,21)/b5-4+. The maximum Gasteiger partial charge on any atom is 0.262 e. The van der Waals surface area contributed by atoms with Crippen molar-refractivity contribution in [3.05, 3.63) is 48.2 Å². The number of ether oxygens (including phenoxy) is 3. The van der Waals surface area contributed by atoms with Crippen LogP contribution in [0.2, 0.25) is 0 Å². The summed E-state index contributed by atoms with van der Waals surface area (Å²) in [5.74, 6) is 1.27. The van der Waals surface area contributed by atoms with E-state index < -0.39 is 0 Å². The topological polar surface area (TPSA) is 69.7 Å². The highest BCUT2D eigenvalue weighted by Crippen LogP contribution is 2.28. The van der Waals surface area contributed by atoms with Gasteiger partial charge in [0.15, 0.2) is 18.1 Å². The zero-order chi connectivity index (χ0) is 17.4. The third-order valence-corrected chi connectivity index (χ3v) is 3.13. The summed E-state index contributed by atoms with van der Waals surface area (Å²) >= 11 is 0. The Bertz CT molecular complexity index is 711. The van der Waals surface area contributed by atoms with Gasteiger partial charge in [-0.25, -0.2) is 4.98 Å². The van der Waals surface area contributed by atoms with E-state index in [0.29, 0.717) is 23.1 Å². The van der Waals surface area contributed by atoms with Crippen molar-refractivity contribution in [1.82, 2.24) is 4.98 Å². The number of rotatable bonds is 7. The first kappa shape index (κ1) is 17.3. The molecule has 2 aromatic rings. The Kier molecular flexibility index (Phi) is 6.19. The van der Waals surface area contributed by atoms with Gasteiger partial charge in [-0.15, -0.1) is 0 Å². The lowest BCUT2D eigenvalue weighted by atomic mass is 10.2. The van der Waals surface area contributed by atoms with Crippen molar-refractivity contribution in [2.75, 3.05) is 26.1 Å². The zero-order valence-electron chi connectivity index (χ0n) is 13.9. The maximum absolute atomic E-state index is 12.0. The molecule has 1 aromatic heterocycles. The zero-order valence-corrected chi connectivity index (χ0v) is 13.9. The molecule has 0 unspecified atom stereocenters. The lowest BCUT2D eigenvalue weighted by Crippen LogP contribution is -2.20. The molecular formula is C18H20N2O4. The van der Waals surface area contributed by atoms with Crippen LogP contribution in [0.5, 0.6) is 17.4 Å². The molecule has 0 aliphatic carbocycles. The summed E-state index contributed by atoms with van der Waals surface area (Å²) in [6, 6.07) is 8.88. The van der Waals surface area contributed by atoms with Gasteiger partial charge in [0, 0.05) is 6.07 Å². The largest absolute Gasteiger partial charge is 0.493 e. The molecule has 1 amide bonds. The second-order valence-electron chi connectivity index (χ2n) is 4.84. The summed E-state index contributed by atoms with van der Waals surface area (Å²) in [6.07, 6.45) is 5.41. The Balaban J connectivity index is 1.95.